The van der Waals surface area contributed by atoms with Crippen molar-refractivity contribution in [2.75, 3.05) is 30.0 Å². The van der Waals surface area contributed by atoms with E-state index in [4.69, 9.17) is 4.74 Å². The van der Waals surface area contributed by atoms with Crippen LogP contribution in [0.25, 0.3) is 0 Å². The number of thioether (sulfide) groups is 1. The van der Waals surface area contributed by atoms with Crippen molar-refractivity contribution >= 4 is 17.6 Å². The minimum Gasteiger partial charge on any atom is -0.370 e. The smallest absolute Gasteiger partial charge is 0.160 e. The van der Waals surface area contributed by atoms with Gasteiger partial charge in [-0.1, -0.05) is 0 Å². The van der Waals surface area contributed by atoms with Crippen LogP contribution in [0, 0.1) is 6.92 Å². The van der Waals surface area contributed by atoms with Gasteiger partial charge in [0.25, 0.3) is 0 Å². The zero-order chi connectivity index (χ0) is 11.4. The molecule has 2 heterocycles. The normalized spacial score (nSPS) is 20.8. The molecule has 1 atom stereocenters. The molecular weight excluding hydrogens is 222 g/mol. The molecular formula is C11H17N3OS. The fourth-order valence-electron chi connectivity index (χ4n) is 1.64. The predicted octanol–water partition coefficient (Wildman–Crippen LogP) is 2.02. The highest BCUT2D eigenvalue weighted by Gasteiger charge is 2.19. The van der Waals surface area contributed by atoms with Gasteiger partial charge in [0.05, 0.1) is 6.61 Å². The van der Waals surface area contributed by atoms with Crippen LogP contribution in [-0.2, 0) is 4.74 Å². The van der Waals surface area contributed by atoms with E-state index in [0.29, 0.717) is 0 Å². The number of ether oxygens (including phenoxy) is 1. The van der Waals surface area contributed by atoms with Crippen molar-refractivity contribution in [2.45, 2.75) is 20.0 Å². The summed E-state index contributed by atoms with van der Waals surface area (Å²) in [5.74, 6) is 3.73. The molecule has 0 aliphatic carbocycles. The van der Waals surface area contributed by atoms with Gasteiger partial charge in [-0.15, -0.1) is 0 Å². The first-order valence-corrected chi connectivity index (χ1v) is 6.74. The number of nitrogens with one attached hydrogen (secondary N) is 1. The maximum absolute atomic E-state index is 5.68. The summed E-state index contributed by atoms with van der Waals surface area (Å²) in [7, 11) is 0. The molecule has 0 saturated carbocycles. The van der Waals surface area contributed by atoms with Gasteiger partial charge in [0.15, 0.2) is 5.82 Å². The Bertz CT molecular complexity index is 353. The first-order valence-electron chi connectivity index (χ1n) is 5.58. The third-order valence-corrected chi connectivity index (χ3v) is 3.33. The second-order valence-electron chi connectivity index (χ2n) is 3.72. The van der Waals surface area contributed by atoms with E-state index in [1.165, 1.54) is 0 Å². The van der Waals surface area contributed by atoms with Crippen molar-refractivity contribution in [2.24, 2.45) is 0 Å². The molecule has 0 spiro atoms. The van der Waals surface area contributed by atoms with Gasteiger partial charge in [-0.2, -0.15) is 11.8 Å². The number of rotatable bonds is 3. The second kappa shape index (κ2) is 5.50. The molecule has 1 unspecified atom stereocenters. The number of aryl methyl sites for hydroxylation is 1. The van der Waals surface area contributed by atoms with Crippen molar-refractivity contribution in [3.8, 4) is 0 Å². The lowest BCUT2D eigenvalue weighted by molar-refractivity contribution is 0.0694. The average molecular weight is 239 g/mol. The molecule has 4 nitrogen and oxygen atoms in total. The Balaban J connectivity index is 2.18. The van der Waals surface area contributed by atoms with E-state index < -0.39 is 0 Å². The zero-order valence-electron chi connectivity index (χ0n) is 9.69. The summed E-state index contributed by atoms with van der Waals surface area (Å²) in [6.07, 6.45) is 0.0519. The van der Waals surface area contributed by atoms with Gasteiger partial charge in [-0.25, -0.2) is 9.97 Å². The van der Waals surface area contributed by atoms with Gasteiger partial charge in [-0.3, -0.25) is 0 Å². The fourth-order valence-corrected chi connectivity index (χ4v) is 2.48. The number of aromatic nitrogens is 2. The first kappa shape index (κ1) is 11.7. The van der Waals surface area contributed by atoms with Gasteiger partial charge in [0.2, 0.25) is 0 Å². The summed E-state index contributed by atoms with van der Waals surface area (Å²) in [5, 5.41) is 3.21. The summed E-state index contributed by atoms with van der Waals surface area (Å²) in [5.41, 5.74) is 0.986. The molecule has 5 heteroatoms. The van der Waals surface area contributed by atoms with Crippen LogP contribution in [0.5, 0.6) is 0 Å². The van der Waals surface area contributed by atoms with Gasteiger partial charge in [-0.05, 0) is 13.8 Å². The number of hydrogen-bond donors (Lipinski definition) is 1. The quantitative estimate of drug-likeness (QED) is 0.874. The lowest BCUT2D eigenvalue weighted by Crippen LogP contribution is -2.19. The van der Waals surface area contributed by atoms with Gasteiger partial charge >= 0.3 is 0 Å². The van der Waals surface area contributed by atoms with E-state index in [1.807, 2.05) is 24.8 Å². The molecule has 2 rings (SSSR count). The minimum atomic E-state index is 0.0519. The third kappa shape index (κ3) is 2.86. The summed E-state index contributed by atoms with van der Waals surface area (Å²) in [6.45, 7) is 5.71. The fraction of sp³-hybridized carbons (Fsp3) is 0.636. The average Bonchev–Trinajstić information content (AvgIpc) is 2.30. The van der Waals surface area contributed by atoms with E-state index in [2.05, 4.69) is 22.2 Å². The van der Waals surface area contributed by atoms with Crippen LogP contribution in [-0.4, -0.2) is 34.6 Å². The Morgan fingerprint density at radius 3 is 3.12 bits per heavy atom. The minimum absolute atomic E-state index is 0.0519. The number of anilines is 1. The van der Waals surface area contributed by atoms with Gasteiger partial charge < -0.3 is 10.1 Å². The highest BCUT2D eigenvalue weighted by atomic mass is 32.2. The maximum Gasteiger partial charge on any atom is 0.160 e. The van der Waals surface area contributed by atoms with Crippen LogP contribution in [0.4, 0.5) is 5.82 Å². The van der Waals surface area contributed by atoms with Crippen molar-refractivity contribution in [1.29, 1.82) is 0 Å². The second-order valence-corrected chi connectivity index (χ2v) is 4.87. The Kier molecular flexibility index (Phi) is 4.01. The molecule has 1 aliphatic rings. The Morgan fingerprint density at radius 1 is 1.56 bits per heavy atom. The van der Waals surface area contributed by atoms with Crippen LogP contribution < -0.4 is 5.32 Å². The largest absolute Gasteiger partial charge is 0.370 e. The SMILES string of the molecule is CCNc1cc(C)nc(C2CSCCO2)n1. The van der Waals surface area contributed by atoms with Crippen LogP contribution in [0.3, 0.4) is 0 Å². The van der Waals surface area contributed by atoms with E-state index in [9.17, 15) is 0 Å². The Hall–Kier alpha value is -0.810. The number of hydrogen-bond acceptors (Lipinski definition) is 5. The first-order chi connectivity index (χ1) is 7.79. The van der Waals surface area contributed by atoms with E-state index in [0.717, 1.165) is 42.0 Å². The molecule has 0 aromatic carbocycles. The van der Waals surface area contributed by atoms with Gasteiger partial charge in [0.1, 0.15) is 11.9 Å². The van der Waals surface area contributed by atoms with E-state index >= 15 is 0 Å². The summed E-state index contributed by atoms with van der Waals surface area (Å²) >= 11 is 1.90. The molecule has 1 N–H and O–H groups in total. The molecule has 16 heavy (non-hydrogen) atoms. The maximum atomic E-state index is 5.68. The summed E-state index contributed by atoms with van der Waals surface area (Å²) < 4.78 is 5.68. The number of nitrogens with zero attached hydrogens (tertiary/aromatic N) is 2. The standard InChI is InChI=1S/C11H17N3OS/c1-3-12-10-6-8(2)13-11(14-10)9-7-16-5-4-15-9/h6,9H,3-5,7H2,1-2H3,(H,12,13,14). The van der Waals surface area contributed by atoms with Gasteiger partial charge in [0, 0.05) is 29.8 Å². The van der Waals surface area contributed by atoms with Crippen LogP contribution in [0.2, 0.25) is 0 Å². The predicted molar refractivity (Wildman–Crippen MR) is 67.0 cm³/mol. The lowest BCUT2D eigenvalue weighted by Gasteiger charge is -2.21. The molecule has 1 aliphatic heterocycles. The van der Waals surface area contributed by atoms with E-state index in [1.54, 1.807) is 0 Å². The van der Waals surface area contributed by atoms with E-state index in [-0.39, 0.29) is 6.10 Å². The summed E-state index contributed by atoms with van der Waals surface area (Å²) in [4.78, 5) is 8.94. The molecule has 0 radical (unpaired) electrons. The monoisotopic (exact) mass is 239 g/mol. The Morgan fingerprint density at radius 2 is 2.44 bits per heavy atom. The topological polar surface area (TPSA) is 47.0 Å². The zero-order valence-corrected chi connectivity index (χ0v) is 10.5. The lowest BCUT2D eigenvalue weighted by atomic mass is 10.3. The van der Waals surface area contributed by atoms with Crippen molar-refractivity contribution in [3.05, 3.63) is 17.6 Å². The molecule has 1 fully saturated rings. The highest BCUT2D eigenvalue weighted by molar-refractivity contribution is 7.99. The molecule has 0 amide bonds. The Labute approximate surface area is 100 Å². The highest BCUT2D eigenvalue weighted by Crippen LogP contribution is 2.25. The third-order valence-electron chi connectivity index (χ3n) is 2.33. The molecule has 0 bridgehead atoms. The van der Waals surface area contributed by atoms with Crippen LogP contribution in [0.1, 0.15) is 24.5 Å². The van der Waals surface area contributed by atoms with Crippen molar-refractivity contribution < 1.29 is 4.74 Å². The van der Waals surface area contributed by atoms with Crippen LogP contribution in [0.15, 0.2) is 6.07 Å². The molecule has 1 aromatic rings. The molecule has 1 aromatic heterocycles. The molecule has 88 valence electrons. The summed E-state index contributed by atoms with van der Waals surface area (Å²) in [6, 6.07) is 1.96. The van der Waals surface area contributed by atoms with Crippen molar-refractivity contribution in [3.63, 3.8) is 0 Å². The van der Waals surface area contributed by atoms with Crippen LogP contribution >= 0.6 is 11.8 Å². The van der Waals surface area contributed by atoms with Crippen molar-refractivity contribution in [1.82, 2.24) is 9.97 Å². The molecule has 1 saturated heterocycles.